The number of carbonyl (C=O) groups is 3. The number of amides is 3. The van der Waals surface area contributed by atoms with Crippen LogP contribution in [0.5, 0.6) is 5.75 Å². The Labute approximate surface area is 190 Å². The van der Waals surface area contributed by atoms with Gasteiger partial charge < -0.3 is 9.64 Å². The fourth-order valence-electron chi connectivity index (χ4n) is 4.50. The number of ether oxygens (including phenoxy) is 1. The fraction of sp³-hybridized carbons (Fsp3) is 0.375. The molecule has 4 rings (SSSR count). The van der Waals surface area contributed by atoms with E-state index >= 15 is 0 Å². The summed E-state index contributed by atoms with van der Waals surface area (Å²) in [6, 6.07) is 13.1. The van der Waals surface area contributed by atoms with E-state index in [2.05, 4.69) is 15.9 Å². The van der Waals surface area contributed by atoms with Crippen LogP contribution in [-0.2, 0) is 9.59 Å². The molecular weight excluding hydrogens is 460 g/mol. The van der Waals surface area contributed by atoms with Gasteiger partial charge in [0, 0.05) is 16.1 Å². The van der Waals surface area contributed by atoms with Crippen molar-refractivity contribution in [2.24, 2.45) is 0 Å². The van der Waals surface area contributed by atoms with Crippen molar-refractivity contribution in [1.29, 1.82) is 0 Å². The summed E-state index contributed by atoms with van der Waals surface area (Å²) >= 11 is 3.38. The SMILES string of the molecule is COc1ccc(C(=O)N(C2CCCCC2)C2CC(=O)N(c3ccc(Br)cc3)C2=O)cc1. The summed E-state index contributed by atoms with van der Waals surface area (Å²) in [6.45, 7) is 0. The van der Waals surface area contributed by atoms with Gasteiger partial charge in [0.15, 0.2) is 0 Å². The van der Waals surface area contributed by atoms with Gasteiger partial charge in [0.05, 0.1) is 19.2 Å². The fourth-order valence-corrected chi connectivity index (χ4v) is 4.76. The summed E-state index contributed by atoms with van der Waals surface area (Å²) in [6.07, 6.45) is 4.86. The predicted octanol–water partition coefficient (Wildman–Crippen LogP) is 4.56. The van der Waals surface area contributed by atoms with Crippen LogP contribution in [0, 0.1) is 0 Å². The van der Waals surface area contributed by atoms with E-state index < -0.39 is 6.04 Å². The molecule has 6 nitrogen and oxygen atoms in total. The second kappa shape index (κ2) is 9.22. The van der Waals surface area contributed by atoms with Gasteiger partial charge in [-0.1, -0.05) is 35.2 Å². The molecule has 1 aliphatic carbocycles. The van der Waals surface area contributed by atoms with Crippen molar-refractivity contribution >= 4 is 39.3 Å². The molecule has 0 N–H and O–H groups in total. The molecule has 1 aliphatic heterocycles. The molecule has 1 saturated carbocycles. The number of methoxy groups -OCH3 is 1. The Morgan fingerprint density at radius 2 is 1.65 bits per heavy atom. The van der Waals surface area contributed by atoms with E-state index in [-0.39, 0.29) is 30.2 Å². The van der Waals surface area contributed by atoms with E-state index in [1.165, 1.54) is 4.90 Å². The van der Waals surface area contributed by atoms with Crippen LogP contribution in [0.25, 0.3) is 0 Å². The Kier molecular flexibility index (Phi) is 6.41. The first-order chi connectivity index (χ1) is 15.0. The monoisotopic (exact) mass is 484 g/mol. The average molecular weight is 485 g/mol. The number of halogens is 1. The van der Waals surface area contributed by atoms with Crippen molar-refractivity contribution in [1.82, 2.24) is 4.90 Å². The quantitative estimate of drug-likeness (QED) is 0.583. The summed E-state index contributed by atoms with van der Waals surface area (Å²) in [5.41, 5.74) is 1.02. The smallest absolute Gasteiger partial charge is 0.257 e. The second-order valence-electron chi connectivity index (χ2n) is 8.00. The van der Waals surface area contributed by atoms with E-state index in [0.717, 1.165) is 36.6 Å². The Hall–Kier alpha value is -2.67. The van der Waals surface area contributed by atoms with Crippen LogP contribution in [0.15, 0.2) is 53.0 Å². The first kappa shape index (κ1) is 21.6. The highest BCUT2D eigenvalue weighted by atomic mass is 79.9. The maximum absolute atomic E-state index is 13.6. The maximum Gasteiger partial charge on any atom is 0.257 e. The lowest BCUT2D eigenvalue weighted by Crippen LogP contribution is -2.51. The molecule has 0 bridgehead atoms. The Morgan fingerprint density at radius 3 is 2.26 bits per heavy atom. The zero-order valence-electron chi connectivity index (χ0n) is 17.4. The summed E-state index contributed by atoms with van der Waals surface area (Å²) in [5, 5.41) is 0. The normalized spacial score (nSPS) is 19.5. The van der Waals surface area contributed by atoms with E-state index in [9.17, 15) is 14.4 Å². The summed E-state index contributed by atoms with van der Waals surface area (Å²) < 4.78 is 6.06. The summed E-state index contributed by atoms with van der Waals surface area (Å²) in [4.78, 5) is 42.7. The van der Waals surface area contributed by atoms with E-state index in [4.69, 9.17) is 4.74 Å². The van der Waals surface area contributed by atoms with Crippen molar-refractivity contribution in [3.05, 3.63) is 58.6 Å². The molecular formula is C24H25BrN2O4. The van der Waals surface area contributed by atoms with Gasteiger partial charge >= 0.3 is 0 Å². The number of carbonyl (C=O) groups excluding carboxylic acids is 3. The van der Waals surface area contributed by atoms with Gasteiger partial charge in [0.25, 0.3) is 11.8 Å². The van der Waals surface area contributed by atoms with E-state index in [1.54, 1.807) is 60.5 Å². The van der Waals surface area contributed by atoms with Crippen molar-refractivity contribution in [3.8, 4) is 5.75 Å². The molecule has 1 unspecified atom stereocenters. The van der Waals surface area contributed by atoms with Gasteiger partial charge in [-0.05, 0) is 61.4 Å². The van der Waals surface area contributed by atoms with Gasteiger partial charge in [-0.25, -0.2) is 4.90 Å². The number of rotatable bonds is 5. The molecule has 31 heavy (non-hydrogen) atoms. The molecule has 1 saturated heterocycles. The van der Waals surface area contributed by atoms with Crippen molar-refractivity contribution < 1.29 is 19.1 Å². The maximum atomic E-state index is 13.6. The number of anilines is 1. The lowest BCUT2D eigenvalue weighted by Gasteiger charge is -2.37. The van der Waals surface area contributed by atoms with Crippen LogP contribution in [0.3, 0.4) is 0 Å². The number of imide groups is 1. The molecule has 2 fully saturated rings. The van der Waals surface area contributed by atoms with Crippen LogP contribution in [0.2, 0.25) is 0 Å². The topological polar surface area (TPSA) is 66.9 Å². The van der Waals surface area contributed by atoms with E-state index in [1.807, 2.05) is 0 Å². The molecule has 2 aromatic rings. The van der Waals surface area contributed by atoms with Gasteiger partial charge in [-0.2, -0.15) is 0 Å². The van der Waals surface area contributed by atoms with Gasteiger partial charge in [-0.15, -0.1) is 0 Å². The molecule has 1 atom stereocenters. The molecule has 0 spiro atoms. The molecule has 7 heteroatoms. The van der Waals surface area contributed by atoms with Crippen molar-refractivity contribution in [2.75, 3.05) is 12.0 Å². The summed E-state index contributed by atoms with van der Waals surface area (Å²) in [5.74, 6) is -0.159. The number of benzene rings is 2. The number of hydrogen-bond acceptors (Lipinski definition) is 4. The van der Waals surface area contributed by atoms with Crippen LogP contribution in [-0.4, -0.2) is 41.8 Å². The zero-order chi connectivity index (χ0) is 22.0. The van der Waals surface area contributed by atoms with Gasteiger partial charge in [0.2, 0.25) is 5.91 Å². The Balaban J connectivity index is 1.66. The van der Waals surface area contributed by atoms with Crippen LogP contribution in [0.1, 0.15) is 48.9 Å². The lowest BCUT2D eigenvalue weighted by molar-refractivity contribution is -0.123. The Bertz CT molecular complexity index is 968. The predicted molar refractivity (Wildman–Crippen MR) is 121 cm³/mol. The van der Waals surface area contributed by atoms with Gasteiger partial charge in [0.1, 0.15) is 11.8 Å². The highest BCUT2D eigenvalue weighted by Gasteiger charge is 2.46. The average Bonchev–Trinajstić information content (AvgIpc) is 3.09. The molecule has 1 heterocycles. The van der Waals surface area contributed by atoms with Crippen LogP contribution < -0.4 is 9.64 Å². The first-order valence-electron chi connectivity index (χ1n) is 10.6. The van der Waals surface area contributed by atoms with Crippen molar-refractivity contribution in [3.63, 3.8) is 0 Å². The minimum Gasteiger partial charge on any atom is -0.497 e. The highest BCUT2D eigenvalue weighted by Crippen LogP contribution is 2.32. The zero-order valence-corrected chi connectivity index (χ0v) is 19.0. The summed E-state index contributed by atoms with van der Waals surface area (Å²) in [7, 11) is 1.57. The first-order valence-corrected chi connectivity index (χ1v) is 11.4. The largest absolute Gasteiger partial charge is 0.497 e. The molecule has 2 aromatic carbocycles. The van der Waals surface area contributed by atoms with Gasteiger partial charge in [-0.3, -0.25) is 14.4 Å². The second-order valence-corrected chi connectivity index (χ2v) is 8.91. The number of nitrogens with zero attached hydrogens (tertiary/aromatic N) is 2. The molecule has 162 valence electrons. The lowest BCUT2D eigenvalue weighted by atomic mass is 9.92. The minimum atomic E-state index is -0.783. The number of hydrogen-bond donors (Lipinski definition) is 0. The molecule has 0 radical (unpaired) electrons. The highest BCUT2D eigenvalue weighted by molar-refractivity contribution is 9.10. The third kappa shape index (κ3) is 4.37. The minimum absolute atomic E-state index is 0.00723. The Morgan fingerprint density at radius 1 is 1.00 bits per heavy atom. The van der Waals surface area contributed by atoms with Crippen LogP contribution in [0.4, 0.5) is 5.69 Å². The third-order valence-corrected chi connectivity index (χ3v) is 6.61. The van der Waals surface area contributed by atoms with Crippen LogP contribution >= 0.6 is 15.9 Å². The molecule has 2 aliphatic rings. The van der Waals surface area contributed by atoms with E-state index in [0.29, 0.717) is 17.0 Å². The third-order valence-electron chi connectivity index (χ3n) is 6.08. The molecule has 0 aromatic heterocycles. The van der Waals surface area contributed by atoms with Crippen molar-refractivity contribution in [2.45, 2.75) is 50.6 Å². The molecule has 3 amide bonds. The standard InChI is InChI=1S/C24H25BrN2O4/c1-31-20-13-7-16(8-14-20)23(29)26(18-5-3-2-4-6-18)21-15-22(28)27(24(21)30)19-11-9-17(25)10-12-19/h7-14,18,21H,2-6,15H2,1H3.